The molecule has 2 N–H and O–H groups in total. The van der Waals surface area contributed by atoms with Gasteiger partial charge in [-0.3, -0.25) is 14.3 Å². The van der Waals surface area contributed by atoms with Gasteiger partial charge in [-0.1, -0.05) is 6.92 Å². The van der Waals surface area contributed by atoms with Crippen LogP contribution in [0.1, 0.15) is 13.3 Å². The lowest BCUT2D eigenvalue weighted by atomic mass is 10.4. The Balaban J connectivity index is 3.02. The zero-order valence-electron chi connectivity index (χ0n) is 9.03. The fourth-order valence-electron chi connectivity index (χ4n) is 1.72. The lowest BCUT2D eigenvalue weighted by Gasteiger charge is -2.03. The van der Waals surface area contributed by atoms with Crippen LogP contribution in [0.25, 0.3) is 11.2 Å². The Labute approximate surface area is 95.5 Å². The molecule has 0 aliphatic carbocycles. The Hall–Kier alpha value is -1.63. The van der Waals surface area contributed by atoms with Gasteiger partial charge < -0.3 is 9.55 Å². The summed E-state index contributed by atoms with van der Waals surface area (Å²) < 4.78 is 3.48. The highest BCUT2D eigenvalue weighted by Gasteiger charge is 2.11. The standard InChI is InChI=1S/C9H12N4O2S/c1-3-4-13-6-5(7(14)11-8(13)15)12(2)9(16)10-6/h3-4H2,1-2H3,(H,10,16)(H,11,14,15). The van der Waals surface area contributed by atoms with Crippen molar-refractivity contribution in [1.82, 2.24) is 19.1 Å². The highest BCUT2D eigenvalue weighted by atomic mass is 32.1. The van der Waals surface area contributed by atoms with E-state index in [0.29, 0.717) is 22.5 Å². The van der Waals surface area contributed by atoms with E-state index in [1.165, 1.54) is 4.57 Å². The van der Waals surface area contributed by atoms with Gasteiger partial charge >= 0.3 is 5.69 Å². The number of rotatable bonds is 2. The summed E-state index contributed by atoms with van der Waals surface area (Å²) in [6, 6.07) is 0. The van der Waals surface area contributed by atoms with Crippen LogP contribution in [0, 0.1) is 4.77 Å². The molecule has 0 spiro atoms. The Morgan fingerprint density at radius 3 is 2.62 bits per heavy atom. The molecule has 2 rings (SSSR count). The van der Waals surface area contributed by atoms with E-state index in [1.807, 2.05) is 6.92 Å². The largest absolute Gasteiger partial charge is 0.330 e. The molecule has 0 aromatic carbocycles. The molecule has 16 heavy (non-hydrogen) atoms. The first kappa shape index (κ1) is 10.9. The van der Waals surface area contributed by atoms with Gasteiger partial charge in [0.05, 0.1) is 0 Å². The lowest BCUT2D eigenvalue weighted by Crippen LogP contribution is -2.30. The molecule has 0 aliphatic heterocycles. The van der Waals surface area contributed by atoms with Crippen molar-refractivity contribution >= 4 is 23.4 Å². The summed E-state index contributed by atoms with van der Waals surface area (Å²) in [6.45, 7) is 2.50. The van der Waals surface area contributed by atoms with Gasteiger partial charge in [0, 0.05) is 13.6 Å². The van der Waals surface area contributed by atoms with E-state index in [1.54, 1.807) is 11.6 Å². The van der Waals surface area contributed by atoms with Crippen LogP contribution in [0.2, 0.25) is 0 Å². The first-order valence-corrected chi connectivity index (χ1v) is 5.39. The van der Waals surface area contributed by atoms with Gasteiger partial charge in [-0.15, -0.1) is 0 Å². The smallest absolute Gasteiger partial charge is 0.316 e. The predicted molar refractivity (Wildman–Crippen MR) is 63.3 cm³/mol. The molecule has 0 saturated carbocycles. The third-order valence-electron chi connectivity index (χ3n) is 2.49. The van der Waals surface area contributed by atoms with Crippen molar-refractivity contribution in [3.05, 3.63) is 25.6 Å². The number of aryl methyl sites for hydroxylation is 2. The Morgan fingerprint density at radius 2 is 2.00 bits per heavy atom. The average molecular weight is 240 g/mol. The van der Waals surface area contributed by atoms with Gasteiger partial charge in [0.1, 0.15) is 5.65 Å². The Bertz CT molecular complexity index is 703. The molecular weight excluding hydrogens is 228 g/mol. The quantitative estimate of drug-likeness (QED) is 0.750. The number of imidazole rings is 1. The number of H-pyrrole nitrogens is 2. The van der Waals surface area contributed by atoms with Crippen LogP contribution in [0.15, 0.2) is 9.59 Å². The van der Waals surface area contributed by atoms with Crippen molar-refractivity contribution in [2.75, 3.05) is 0 Å². The zero-order chi connectivity index (χ0) is 11.9. The van der Waals surface area contributed by atoms with E-state index in [9.17, 15) is 9.59 Å². The SMILES string of the molecule is CCCn1c(=O)[nH]c(=O)c2c1[nH]c(=S)n2C. The summed E-state index contributed by atoms with van der Waals surface area (Å²) in [6.07, 6.45) is 0.802. The lowest BCUT2D eigenvalue weighted by molar-refractivity contribution is 0.652. The van der Waals surface area contributed by atoms with Crippen molar-refractivity contribution in [3.8, 4) is 0 Å². The predicted octanol–water partition coefficient (Wildman–Crippen LogP) is 0.496. The summed E-state index contributed by atoms with van der Waals surface area (Å²) in [5.41, 5.74) is 0.0690. The molecule has 2 aromatic rings. The molecule has 0 bridgehead atoms. The first-order valence-electron chi connectivity index (χ1n) is 4.98. The van der Waals surface area contributed by atoms with E-state index in [4.69, 9.17) is 12.2 Å². The number of aromatic amines is 2. The maximum atomic E-state index is 11.6. The van der Waals surface area contributed by atoms with E-state index in [0.717, 1.165) is 6.42 Å². The molecule has 2 heterocycles. The zero-order valence-corrected chi connectivity index (χ0v) is 9.85. The Kier molecular flexibility index (Phi) is 2.55. The second-order valence-electron chi connectivity index (χ2n) is 3.60. The molecule has 86 valence electrons. The highest BCUT2D eigenvalue weighted by Crippen LogP contribution is 2.05. The van der Waals surface area contributed by atoms with Crippen LogP contribution in [-0.2, 0) is 13.6 Å². The molecule has 0 fully saturated rings. The van der Waals surface area contributed by atoms with Crippen LogP contribution >= 0.6 is 12.2 Å². The van der Waals surface area contributed by atoms with E-state index < -0.39 is 11.2 Å². The van der Waals surface area contributed by atoms with E-state index in [-0.39, 0.29) is 0 Å². The molecule has 0 aliphatic rings. The molecular formula is C9H12N4O2S. The molecule has 7 heteroatoms. The van der Waals surface area contributed by atoms with Crippen molar-refractivity contribution < 1.29 is 0 Å². The van der Waals surface area contributed by atoms with E-state index >= 15 is 0 Å². The highest BCUT2D eigenvalue weighted by molar-refractivity contribution is 7.71. The fraction of sp³-hybridized carbons (Fsp3) is 0.444. The normalized spacial score (nSPS) is 11.1. The van der Waals surface area contributed by atoms with Gasteiger partial charge in [-0.2, -0.15) is 0 Å². The van der Waals surface area contributed by atoms with Gasteiger partial charge in [-0.25, -0.2) is 4.79 Å². The first-order chi connectivity index (χ1) is 7.56. The van der Waals surface area contributed by atoms with Crippen molar-refractivity contribution in [2.24, 2.45) is 7.05 Å². The van der Waals surface area contributed by atoms with Gasteiger partial charge in [0.25, 0.3) is 5.56 Å². The monoisotopic (exact) mass is 240 g/mol. The summed E-state index contributed by atoms with van der Waals surface area (Å²) in [5.74, 6) is 0. The third kappa shape index (κ3) is 1.44. The molecule has 0 atom stereocenters. The number of nitrogens with one attached hydrogen (secondary N) is 2. The van der Waals surface area contributed by atoms with Crippen molar-refractivity contribution in [3.63, 3.8) is 0 Å². The second kappa shape index (κ2) is 3.75. The van der Waals surface area contributed by atoms with E-state index in [2.05, 4.69) is 9.97 Å². The molecule has 2 aromatic heterocycles. The maximum Gasteiger partial charge on any atom is 0.330 e. The van der Waals surface area contributed by atoms with Crippen LogP contribution in [-0.4, -0.2) is 19.1 Å². The number of fused-ring (bicyclic) bond motifs is 1. The van der Waals surface area contributed by atoms with Crippen LogP contribution in [0.3, 0.4) is 0 Å². The van der Waals surface area contributed by atoms with Crippen LogP contribution < -0.4 is 11.2 Å². The molecule has 0 unspecified atom stereocenters. The van der Waals surface area contributed by atoms with Crippen molar-refractivity contribution in [2.45, 2.75) is 19.9 Å². The summed E-state index contributed by atoms with van der Waals surface area (Å²) in [5, 5.41) is 0. The average Bonchev–Trinajstić information content (AvgIpc) is 2.50. The van der Waals surface area contributed by atoms with Gasteiger partial charge in [0.2, 0.25) is 0 Å². The topological polar surface area (TPSA) is 75.6 Å². The minimum atomic E-state index is -0.415. The molecule has 0 saturated heterocycles. The molecule has 0 amide bonds. The van der Waals surface area contributed by atoms with Crippen LogP contribution in [0.5, 0.6) is 0 Å². The van der Waals surface area contributed by atoms with Crippen molar-refractivity contribution in [1.29, 1.82) is 0 Å². The minimum absolute atomic E-state index is 0.401. The number of hydrogen-bond donors (Lipinski definition) is 2. The number of hydrogen-bond acceptors (Lipinski definition) is 3. The second-order valence-corrected chi connectivity index (χ2v) is 3.98. The number of aromatic nitrogens is 4. The third-order valence-corrected chi connectivity index (χ3v) is 2.86. The summed E-state index contributed by atoms with van der Waals surface area (Å²) >= 11 is 5.04. The Morgan fingerprint density at radius 1 is 1.31 bits per heavy atom. The van der Waals surface area contributed by atoms with Gasteiger partial charge in [-0.05, 0) is 18.6 Å². The van der Waals surface area contributed by atoms with Crippen LogP contribution in [0.4, 0.5) is 0 Å². The minimum Gasteiger partial charge on any atom is -0.316 e. The molecule has 6 nitrogen and oxygen atoms in total. The fourth-order valence-corrected chi connectivity index (χ4v) is 1.91. The number of nitrogens with zero attached hydrogens (tertiary/aromatic N) is 2. The van der Waals surface area contributed by atoms with Gasteiger partial charge in [0.15, 0.2) is 10.3 Å². The molecule has 0 radical (unpaired) electrons. The maximum absolute atomic E-state index is 11.6. The summed E-state index contributed by atoms with van der Waals surface area (Å²) in [4.78, 5) is 28.4. The summed E-state index contributed by atoms with van der Waals surface area (Å²) in [7, 11) is 1.69.